The van der Waals surface area contributed by atoms with Crippen LogP contribution in [0.2, 0.25) is 0 Å². The van der Waals surface area contributed by atoms with Crippen molar-refractivity contribution in [1.29, 1.82) is 0 Å². The minimum absolute atomic E-state index is 0.106. The second kappa shape index (κ2) is 8.42. The van der Waals surface area contributed by atoms with Crippen LogP contribution in [0.15, 0.2) is 23.0 Å². The zero-order chi connectivity index (χ0) is 23.1. The molecule has 0 spiro atoms. The van der Waals surface area contributed by atoms with Crippen LogP contribution in [-0.4, -0.2) is 43.4 Å². The molecule has 0 aromatic carbocycles. The lowest BCUT2D eigenvalue weighted by Gasteiger charge is -2.27. The molecular weight excluding hydrogens is 422 g/mol. The van der Waals surface area contributed by atoms with E-state index in [0.717, 1.165) is 48.3 Å². The number of amides is 2. The number of H-pyrrole nitrogens is 1. The quantitative estimate of drug-likeness (QED) is 0.480. The smallest absolute Gasteiger partial charge is 0.276 e. The Balaban J connectivity index is 1.35. The Kier molecular flexibility index (Phi) is 5.43. The van der Waals surface area contributed by atoms with Gasteiger partial charge < -0.3 is 10.6 Å². The third kappa shape index (κ3) is 4.37. The molecule has 3 heterocycles. The number of carbonyl (C=O) groups excluding carboxylic acids is 2. The monoisotopic (exact) mass is 449 g/mol. The van der Waals surface area contributed by atoms with Gasteiger partial charge in [-0.25, -0.2) is 4.63 Å². The summed E-state index contributed by atoms with van der Waals surface area (Å²) in [6.07, 6.45) is 5.99. The van der Waals surface area contributed by atoms with Crippen molar-refractivity contribution < 1.29 is 14.2 Å². The molecule has 0 saturated heterocycles. The minimum atomic E-state index is -0.661. The summed E-state index contributed by atoms with van der Waals surface area (Å²) in [6, 6.07) is 3.02. The van der Waals surface area contributed by atoms with E-state index in [0.29, 0.717) is 23.2 Å². The highest BCUT2D eigenvalue weighted by Gasteiger charge is 2.48. The van der Waals surface area contributed by atoms with Gasteiger partial charge >= 0.3 is 0 Å². The summed E-state index contributed by atoms with van der Waals surface area (Å²) in [5.74, 6) is 0.332. The summed E-state index contributed by atoms with van der Waals surface area (Å²) in [6.45, 7) is 5.52. The van der Waals surface area contributed by atoms with Gasteiger partial charge in [-0.1, -0.05) is 5.16 Å². The Bertz CT molecular complexity index is 1140. The number of anilines is 1. The fourth-order valence-electron chi connectivity index (χ4n) is 4.64. The molecule has 3 aromatic rings. The van der Waals surface area contributed by atoms with Gasteiger partial charge in [0.05, 0.1) is 23.3 Å². The van der Waals surface area contributed by atoms with Crippen molar-refractivity contribution in [3.63, 3.8) is 0 Å². The molecule has 10 nitrogen and oxygen atoms in total. The summed E-state index contributed by atoms with van der Waals surface area (Å²) < 4.78 is 4.67. The highest BCUT2D eigenvalue weighted by molar-refractivity contribution is 6.01. The van der Waals surface area contributed by atoms with E-state index in [1.807, 2.05) is 26.0 Å². The molecule has 172 valence electrons. The average molecular weight is 450 g/mol. The molecule has 0 aliphatic heterocycles. The van der Waals surface area contributed by atoms with Crippen LogP contribution in [-0.2, 0) is 4.79 Å². The molecule has 10 heteroatoms. The summed E-state index contributed by atoms with van der Waals surface area (Å²) in [4.78, 5) is 30.8. The van der Waals surface area contributed by atoms with E-state index in [4.69, 9.17) is 0 Å². The van der Waals surface area contributed by atoms with Crippen molar-refractivity contribution in [1.82, 2.24) is 30.8 Å². The number of hydrogen-bond acceptors (Lipinski definition) is 7. The van der Waals surface area contributed by atoms with Crippen molar-refractivity contribution in [3.05, 3.63) is 41.1 Å². The number of aromatic amines is 1. The Morgan fingerprint density at radius 3 is 2.30 bits per heavy atom. The van der Waals surface area contributed by atoms with Crippen molar-refractivity contribution in [2.45, 2.75) is 52.5 Å². The van der Waals surface area contributed by atoms with Crippen LogP contribution in [0, 0.1) is 38.5 Å². The molecular formula is C23H27N7O3. The van der Waals surface area contributed by atoms with Gasteiger partial charge in [-0.3, -0.25) is 19.7 Å². The summed E-state index contributed by atoms with van der Waals surface area (Å²) in [7, 11) is 0. The van der Waals surface area contributed by atoms with Crippen LogP contribution < -0.4 is 10.6 Å². The van der Waals surface area contributed by atoms with Crippen molar-refractivity contribution in [2.24, 2.45) is 17.8 Å². The number of carbonyl (C=O) groups is 2. The van der Waals surface area contributed by atoms with E-state index in [1.165, 1.54) is 0 Å². The number of hydrogen-bond donors (Lipinski definition) is 3. The van der Waals surface area contributed by atoms with Crippen LogP contribution >= 0.6 is 0 Å². The van der Waals surface area contributed by atoms with E-state index in [-0.39, 0.29) is 17.5 Å². The fourth-order valence-corrected chi connectivity index (χ4v) is 4.64. The number of pyridine rings is 1. The van der Waals surface area contributed by atoms with Gasteiger partial charge in [-0.05, 0) is 81.5 Å². The van der Waals surface area contributed by atoms with E-state index < -0.39 is 11.9 Å². The molecule has 0 bridgehead atoms. The minimum Gasteiger partial charge on any atom is -0.338 e. The Labute approximate surface area is 190 Å². The lowest BCUT2D eigenvalue weighted by atomic mass is 9.88. The predicted molar refractivity (Wildman–Crippen MR) is 119 cm³/mol. The van der Waals surface area contributed by atoms with Crippen LogP contribution in [0.25, 0.3) is 11.3 Å². The Hall–Kier alpha value is -3.56. The molecule has 5 rings (SSSR count). The maximum absolute atomic E-state index is 13.4. The summed E-state index contributed by atoms with van der Waals surface area (Å²) in [5, 5.41) is 20.4. The second-order valence-corrected chi connectivity index (χ2v) is 9.13. The fraction of sp³-hybridized carbons (Fsp3) is 0.478. The molecule has 3 N–H and O–H groups in total. The Morgan fingerprint density at radius 2 is 1.79 bits per heavy atom. The third-order valence-electron chi connectivity index (χ3n) is 6.57. The van der Waals surface area contributed by atoms with E-state index in [2.05, 4.69) is 40.8 Å². The van der Waals surface area contributed by atoms with Gasteiger partial charge in [0.15, 0.2) is 5.69 Å². The molecule has 1 atom stereocenters. The number of nitrogens with zero attached hydrogens (tertiary/aromatic N) is 4. The molecule has 2 aliphatic carbocycles. The highest BCUT2D eigenvalue weighted by Crippen LogP contribution is 2.50. The maximum atomic E-state index is 13.4. The lowest BCUT2D eigenvalue weighted by Crippen LogP contribution is -2.50. The first-order valence-corrected chi connectivity index (χ1v) is 11.3. The number of nitrogens with one attached hydrogen (secondary N) is 3. The van der Waals surface area contributed by atoms with Crippen LogP contribution in [0.1, 0.15) is 53.3 Å². The van der Waals surface area contributed by atoms with Crippen LogP contribution in [0.3, 0.4) is 0 Å². The van der Waals surface area contributed by atoms with Gasteiger partial charge in [0.25, 0.3) is 5.91 Å². The first-order chi connectivity index (χ1) is 15.9. The number of rotatable bonds is 8. The van der Waals surface area contributed by atoms with Gasteiger partial charge in [0.2, 0.25) is 5.91 Å². The molecule has 2 aliphatic rings. The van der Waals surface area contributed by atoms with Gasteiger partial charge in [0.1, 0.15) is 11.7 Å². The second-order valence-electron chi connectivity index (χ2n) is 9.13. The lowest BCUT2D eigenvalue weighted by molar-refractivity contribution is -0.119. The molecule has 33 heavy (non-hydrogen) atoms. The van der Waals surface area contributed by atoms with Crippen molar-refractivity contribution in [3.8, 4) is 11.3 Å². The molecule has 2 amide bonds. The Morgan fingerprint density at radius 1 is 1.06 bits per heavy atom. The highest BCUT2D eigenvalue weighted by atomic mass is 16.6. The number of aryl methyl sites for hydroxylation is 3. The predicted octanol–water partition coefficient (Wildman–Crippen LogP) is 2.95. The first kappa shape index (κ1) is 21.3. The third-order valence-corrected chi connectivity index (χ3v) is 6.57. The maximum Gasteiger partial charge on any atom is 0.276 e. The van der Waals surface area contributed by atoms with Gasteiger partial charge in [0, 0.05) is 11.3 Å². The molecule has 1 unspecified atom stereocenters. The SMILES string of the molecule is Cc1nonc1C(=O)NC(C(=O)Nc1ccc(-c2c(C)n[nH]c2C)nc1)C(C1CC1)C1CC1. The van der Waals surface area contributed by atoms with Gasteiger partial charge in [-0.2, -0.15) is 5.10 Å². The topological polar surface area (TPSA) is 139 Å². The van der Waals surface area contributed by atoms with Crippen LogP contribution in [0.4, 0.5) is 5.69 Å². The van der Waals surface area contributed by atoms with Gasteiger partial charge in [-0.15, -0.1) is 0 Å². The molecule has 2 fully saturated rings. The van der Waals surface area contributed by atoms with E-state index >= 15 is 0 Å². The standard InChI is InChI=1S/C23H27N7O3/c1-11-18(12(2)28-27-11)17-9-8-16(10-24-17)25-23(32)21(19(14-4-5-14)15-6-7-15)26-22(31)20-13(3)29-33-30-20/h8-10,14-15,19,21H,4-7H2,1-3H3,(H,25,32)(H,26,31)(H,27,28). The molecule has 2 saturated carbocycles. The van der Waals surface area contributed by atoms with E-state index in [1.54, 1.807) is 13.1 Å². The van der Waals surface area contributed by atoms with Crippen molar-refractivity contribution in [2.75, 3.05) is 5.32 Å². The summed E-state index contributed by atoms with van der Waals surface area (Å²) in [5.41, 5.74) is 4.62. The van der Waals surface area contributed by atoms with Crippen LogP contribution in [0.5, 0.6) is 0 Å². The first-order valence-electron chi connectivity index (χ1n) is 11.3. The zero-order valence-corrected chi connectivity index (χ0v) is 18.9. The largest absolute Gasteiger partial charge is 0.338 e. The normalized spacial score (nSPS) is 16.6. The molecule has 3 aromatic heterocycles. The van der Waals surface area contributed by atoms with Crippen molar-refractivity contribution >= 4 is 17.5 Å². The molecule has 0 radical (unpaired) electrons. The zero-order valence-electron chi connectivity index (χ0n) is 18.9. The number of aromatic nitrogens is 5. The summed E-state index contributed by atoms with van der Waals surface area (Å²) >= 11 is 0. The average Bonchev–Trinajstić information content (AvgIpc) is 3.72. The van der Waals surface area contributed by atoms with E-state index in [9.17, 15) is 9.59 Å².